The molecule has 1 fully saturated rings. The quantitative estimate of drug-likeness (QED) is 0.735. The minimum atomic E-state index is 0.143. The minimum Gasteiger partial charge on any atom is -0.338 e. The standard InChI is InChI=1S/C13H16N6OS3/c1-21-12-16-17-13(23-12)22-9-10(20)18-5-7-19(8-6-18)11-14-3-2-4-15-11/h2-4H,5-9H2,1H3. The van der Waals surface area contributed by atoms with E-state index in [9.17, 15) is 4.79 Å². The Morgan fingerprint density at radius 1 is 1.17 bits per heavy atom. The van der Waals surface area contributed by atoms with Gasteiger partial charge in [0.05, 0.1) is 5.75 Å². The van der Waals surface area contributed by atoms with Gasteiger partial charge in [-0.25, -0.2) is 9.97 Å². The number of aromatic nitrogens is 4. The van der Waals surface area contributed by atoms with Crippen LogP contribution in [0, 0.1) is 0 Å². The molecule has 0 radical (unpaired) electrons. The van der Waals surface area contributed by atoms with Crippen molar-refractivity contribution in [3.05, 3.63) is 18.5 Å². The van der Waals surface area contributed by atoms with Gasteiger partial charge in [0.1, 0.15) is 0 Å². The van der Waals surface area contributed by atoms with Gasteiger partial charge in [0.2, 0.25) is 11.9 Å². The number of nitrogens with zero attached hydrogens (tertiary/aromatic N) is 6. The van der Waals surface area contributed by atoms with Crippen LogP contribution in [0.3, 0.4) is 0 Å². The molecule has 23 heavy (non-hydrogen) atoms. The Bertz CT molecular complexity index is 644. The van der Waals surface area contributed by atoms with Gasteiger partial charge in [0.15, 0.2) is 8.68 Å². The molecule has 7 nitrogen and oxygen atoms in total. The summed E-state index contributed by atoms with van der Waals surface area (Å²) in [7, 11) is 0. The molecule has 0 N–H and O–H groups in total. The van der Waals surface area contributed by atoms with Crippen molar-refractivity contribution in [3.8, 4) is 0 Å². The van der Waals surface area contributed by atoms with Crippen molar-refractivity contribution in [3.63, 3.8) is 0 Å². The summed E-state index contributed by atoms with van der Waals surface area (Å²) >= 11 is 4.55. The van der Waals surface area contributed by atoms with Crippen LogP contribution in [-0.2, 0) is 4.79 Å². The van der Waals surface area contributed by atoms with Crippen molar-refractivity contribution in [2.75, 3.05) is 43.1 Å². The number of hydrogen-bond acceptors (Lipinski definition) is 9. The van der Waals surface area contributed by atoms with Gasteiger partial charge in [-0.1, -0.05) is 34.9 Å². The molecule has 1 aliphatic heterocycles. The Labute approximate surface area is 146 Å². The first-order valence-corrected chi connectivity index (χ1v) is 10.1. The lowest BCUT2D eigenvalue weighted by Crippen LogP contribution is -2.49. The number of amides is 1. The number of piperazine rings is 1. The Morgan fingerprint density at radius 2 is 1.87 bits per heavy atom. The fourth-order valence-corrected chi connectivity index (χ4v) is 4.50. The van der Waals surface area contributed by atoms with Gasteiger partial charge in [-0.2, -0.15) is 0 Å². The third-order valence-electron chi connectivity index (χ3n) is 3.35. The molecule has 122 valence electrons. The van der Waals surface area contributed by atoms with Gasteiger partial charge in [0, 0.05) is 38.6 Å². The molecule has 1 aliphatic rings. The molecule has 2 aromatic rings. The monoisotopic (exact) mass is 368 g/mol. The SMILES string of the molecule is CSc1nnc(SCC(=O)N2CCN(c3ncccn3)CC2)s1. The van der Waals surface area contributed by atoms with E-state index in [1.165, 1.54) is 23.1 Å². The first kappa shape index (κ1) is 16.5. The van der Waals surface area contributed by atoms with E-state index in [0.29, 0.717) is 18.8 Å². The average Bonchev–Trinajstić information content (AvgIpc) is 3.09. The van der Waals surface area contributed by atoms with Gasteiger partial charge >= 0.3 is 0 Å². The van der Waals surface area contributed by atoms with E-state index in [1.807, 2.05) is 11.2 Å². The van der Waals surface area contributed by atoms with Gasteiger partial charge < -0.3 is 9.80 Å². The maximum absolute atomic E-state index is 12.3. The predicted molar refractivity (Wildman–Crippen MR) is 93.2 cm³/mol. The predicted octanol–water partition coefficient (Wildman–Crippen LogP) is 1.49. The van der Waals surface area contributed by atoms with Crippen molar-refractivity contribution < 1.29 is 4.79 Å². The van der Waals surface area contributed by atoms with Crippen LogP contribution < -0.4 is 4.90 Å². The molecule has 1 amide bonds. The summed E-state index contributed by atoms with van der Waals surface area (Å²) in [6.07, 6.45) is 5.44. The summed E-state index contributed by atoms with van der Waals surface area (Å²) in [6.45, 7) is 2.92. The van der Waals surface area contributed by atoms with Crippen molar-refractivity contribution in [1.29, 1.82) is 0 Å². The van der Waals surface area contributed by atoms with Crippen LogP contribution in [0.1, 0.15) is 0 Å². The zero-order chi connectivity index (χ0) is 16.1. The molecular formula is C13H16N6OS3. The van der Waals surface area contributed by atoms with E-state index >= 15 is 0 Å². The maximum atomic E-state index is 12.3. The van der Waals surface area contributed by atoms with Crippen LogP contribution in [0.2, 0.25) is 0 Å². The largest absolute Gasteiger partial charge is 0.338 e. The van der Waals surface area contributed by atoms with Gasteiger partial charge in [-0.15, -0.1) is 10.2 Å². The van der Waals surface area contributed by atoms with Crippen molar-refractivity contribution in [2.45, 2.75) is 8.68 Å². The summed E-state index contributed by atoms with van der Waals surface area (Å²) in [4.78, 5) is 24.8. The Kier molecular flexibility index (Phi) is 5.68. The topological polar surface area (TPSA) is 75.1 Å². The van der Waals surface area contributed by atoms with E-state index in [0.717, 1.165) is 27.7 Å². The third-order valence-corrected chi connectivity index (χ3v) is 6.37. The van der Waals surface area contributed by atoms with E-state index in [4.69, 9.17) is 0 Å². The molecule has 0 spiro atoms. The van der Waals surface area contributed by atoms with Crippen molar-refractivity contribution in [1.82, 2.24) is 25.1 Å². The normalized spacial score (nSPS) is 15.0. The zero-order valence-electron chi connectivity index (χ0n) is 12.6. The Balaban J connectivity index is 1.46. The summed E-state index contributed by atoms with van der Waals surface area (Å²) < 4.78 is 1.77. The highest BCUT2D eigenvalue weighted by Gasteiger charge is 2.22. The zero-order valence-corrected chi connectivity index (χ0v) is 15.0. The highest BCUT2D eigenvalue weighted by molar-refractivity contribution is 8.03. The summed E-state index contributed by atoms with van der Waals surface area (Å²) in [5, 5.41) is 8.10. The van der Waals surface area contributed by atoms with Crippen LogP contribution in [0.4, 0.5) is 5.95 Å². The lowest BCUT2D eigenvalue weighted by atomic mass is 10.3. The fourth-order valence-electron chi connectivity index (χ4n) is 2.16. The van der Waals surface area contributed by atoms with E-state index in [1.54, 1.807) is 30.2 Å². The number of hydrogen-bond donors (Lipinski definition) is 0. The second-order valence-electron chi connectivity index (χ2n) is 4.74. The van der Waals surface area contributed by atoms with Gasteiger partial charge in [0.25, 0.3) is 0 Å². The van der Waals surface area contributed by atoms with Crippen LogP contribution in [0.15, 0.2) is 27.1 Å². The number of anilines is 1. The lowest BCUT2D eigenvalue weighted by molar-refractivity contribution is -0.128. The van der Waals surface area contributed by atoms with Gasteiger partial charge in [-0.3, -0.25) is 4.79 Å². The molecule has 0 saturated carbocycles. The molecule has 2 aromatic heterocycles. The molecule has 0 unspecified atom stereocenters. The summed E-state index contributed by atoms with van der Waals surface area (Å²) in [5.74, 6) is 1.28. The molecule has 0 aliphatic carbocycles. The first-order chi connectivity index (χ1) is 11.3. The Morgan fingerprint density at radius 3 is 2.52 bits per heavy atom. The molecule has 0 aromatic carbocycles. The maximum Gasteiger partial charge on any atom is 0.233 e. The van der Waals surface area contributed by atoms with Crippen LogP contribution >= 0.6 is 34.9 Å². The second kappa shape index (κ2) is 7.93. The summed E-state index contributed by atoms with van der Waals surface area (Å²) in [6, 6.07) is 1.80. The molecule has 0 atom stereocenters. The summed E-state index contributed by atoms with van der Waals surface area (Å²) in [5.41, 5.74) is 0. The third kappa shape index (κ3) is 4.33. The molecule has 0 bridgehead atoms. The van der Waals surface area contributed by atoms with E-state index in [-0.39, 0.29) is 5.91 Å². The van der Waals surface area contributed by atoms with Crippen molar-refractivity contribution in [2.24, 2.45) is 0 Å². The highest BCUT2D eigenvalue weighted by atomic mass is 32.2. The van der Waals surface area contributed by atoms with Crippen LogP contribution in [0.25, 0.3) is 0 Å². The van der Waals surface area contributed by atoms with Crippen LogP contribution in [0.5, 0.6) is 0 Å². The fraction of sp³-hybridized carbons (Fsp3) is 0.462. The molecular weight excluding hydrogens is 352 g/mol. The molecule has 1 saturated heterocycles. The Hall–Kier alpha value is -1.39. The number of thioether (sulfide) groups is 2. The van der Waals surface area contributed by atoms with Gasteiger partial charge in [-0.05, 0) is 12.3 Å². The number of carbonyl (C=O) groups is 1. The van der Waals surface area contributed by atoms with Crippen molar-refractivity contribution >= 4 is 46.7 Å². The minimum absolute atomic E-state index is 0.143. The average molecular weight is 369 g/mol. The smallest absolute Gasteiger partial charge is 0.233 e. The highest BCUT2D eigenvalue weighted by Crippen LogP contribution is 2.27. The van der Waals surface area contributed by atoms with Crippen LogP contribution in [-0.4, -0.2) is 69.2 Å². The second-order valence-corrected chi connectivity index (χ2v) is 8.00. The molecule has 3 heterocycles. The number of carbonyl (C=O) groups excluding carboxylic acids is 1. The van der Waals surface area contributed by atoms with E-state index in [2.05, 4.69) is 25.1 Å². The molecule has 3 rings (SSSR count). The molecule has 10 heteroatoms. The lowest BCUT2D eigenvalue weighted by Gasteiger charge is -2.34. The van der Waals surface area contributed by atoms with E-state index < -0.39 is 0 Å². The first-order valence-electron chi connectivity index (χ1n) is 7.06. The number of rotatable bonds is 5.